The molecule has 1 fully saturated rings. The molecule has 0 bridgehead atoms. The molecule has 0 radical (unpaired) electrons. The Morgan fingerprint density at radius 3 is 2.22 bits per heavy atom. The van der Waals surface area contributed by atoms with Gasteiger partial charge in [-0.2, -0.15) is 0 Å². The molecule has 0 aromatic heterocycles. The Labute approximate surface area is 111 Å². The monoisotopic (exact) mass is 277 g/mol. The van der Waals surface area contributed by atoms with Gasteiger partial charge in [0.05, 0.1) is 18.0 Å². The van der Waals surface area contributed by atoms with Crippen molar-refractivity contribution in [1.29, 1.82) is 0 Å². The van der Waals surface area contributed by atoms with Gasteiger partial charge >= 0.3 is 0 Å². The third kappa shape index (κ3) is 4.21. The minimum absolute atomic E-state index is 0.193. The molecule has 0 aromatic rings. The fourth-order valence-electron chi connectivity index (χ4n) is 3.02. The van der Waals surface area contributed by atoms with Crippen LogP contribution in [0.5, 0.6) is 0 Å². The van der Waals surface area contributed by atoms with E-state index in [1.165, 1.54) is 6.26 Å². The van der Waals surface area contributed by atoms with Crippen molar-refractivity contribution in [2.75, 3.05) is 18.6 Å². The summed E-state index contributed by atoms with van der Waals surface area (Å²) in [6.45, 7) is 9.31. The van der Waals surface area contributed by atoms with Gasteiger partial charge in [-0.25, -0.2) is 8.42 Å². The molecule has 5 unspecified atom stereocenters. The van der Waals surface area contributed by atoms with Crippen LogP contribution in [0.1, 0.15) is 34.1 Å². The molecular weight excluding hydrogens is 250 g/mol. The fraction of sp³-hybridized carbons (Fsp3) is 1.00. The summed E-state index contributed by atoms with van der Waals surface area (Å²) in [5.74, 6) is 1.10. The van der Waals surface area contributed by atoms with Crippen molar-refractivity contribution in [2.24, 2.45) is 11.8 Å². The number of hydrogen-bond acceptors (Lipinski definition) is 4. The molecule has 108 valence electrons. The number of ether oxygens (including phenoxy) is 1. The van der Waals surface area contributed by atoms with Crippen LogP contribution in [0.4, 0.5) is 0 Å². The molecule has 18 heavy (non-hydrogen) atoms. The molecule has 0 aliphatic carbocycles. The van der Waals surface area contributed by atoms with E-state index in [1.54, 1.807) is 0 Å². The lowest BCUT2D eigenvalue weighted by Gasteiger charge is -2.29. The third-order valence-electron chi connectivity index (χ3n) is 4.05. The van der Waals surface area contributed by atoms with E-state index >= 15 is 0 Å². The Balaban J connectivity index is 2.71. The van der Waals surface area contributed by atoms with Crippen LogP contribution in [0, 0.1) is 11.8 Å². The maximum absolute atomic E-state index is 11.3. The first-order valence-electron chi connectivity index (χ1n) is 6.82. The second kappa shape index (κ2) is 6.35. The van der Waals surface area contributed by atoms with Crippen molar-refractivity contribution in [3.8, 4) is 0 Å². The SMILES string of the molecule is CCNC(CCS(C)(=O)=O)C1C(C)OC(C)C1C. The highest BCUT2D eigenvalue weighted by Gasteiger charge is 2.41. The number of sulfone groups is 1. The quantitative estimate of drug-likeness (QED) is 0.798. The molecule has 1 rings (SSSR count). The highest BCUT2D eigenvalue weighted by molar-refractivity contribution is 7.90. The lowest BCUT2D eigenvalue weighted by atomic mass is 9.82. The largest absolute Gasteiger partial charge is 0.375 e. The maximum Gasteiger partial charge on any atom is 0.147 e. The summed E-state index contributed by atoms with van der Waals surface area (Å²) in [6, 6.07) is 0.222. The van der Waals surface area contributed by atoms with Crippen molar-refractivity contribution in [3.63, 3.8) is 0 Å². The zero-order chi connectivity index (χ0) is 13.9. The minimum atomic E-state index is -2.90. The molecular formula is C13H27NO3S. The predicted octanol–water partition coefficient (Wildman–Crippen LogP) is 1.46. The summed E-state index contributed by atoms with van der Waals surface area (Å²) in [5.41, 5.74) is 0. The van der Waals surface area contributed by atoms with Gasteiger partial charge in [0.15, 0.2) is 0 Å². The van der Waals surface area contributed by atoms with Crippen molar-refractivity contribution in [2.45, 2.75) is 52.4 Å². The molecule has 1 heterocycles. The average molecular weight is 277 g/mol. The summed E-state index contributed by atoms with van der Waals surface area (Å²) in [6.07, 6.45) is 2.42. The third-order valence-corrected chi connectivity index (χ3v) is 5.03. The summed E-state index contributed by atoms with van der Waals surface area (Å²) in [5, 5.41) is 3.43. The van der Waals surface area contributed by atoms with Crippen LogP contribution in [0.2, 0.25) is 0 Å². The Kier molecular flexibility index (Phi) is 5.62. The summed E-state index contributed by atoms with van der Waals surface area (Å²) in [7, 11) is -2.90. The van der Waals surface area contributed by atoms with E-state index in [0.29, 0.717) is 18.3 Å². The molecule has 1 aliphatic rings. The molecule has 0 amide bonds. The highest BCUT2D eigenvalue weighted by Crippen LogP contribution is 2.35. The van der Waals surface area contributed by atoms with Crippen LogP contribution in [-0.4, -0.2) is 45.2 Å². The van der Waals surface area contributed by atoms with E-state index in [4.69, 9.17) is 4.74 Å². The average Bonchev–Trinajstić information content (AvgIpc) is 2.48. The number of rotatable bonds is 6. The topological polar surface area (TPSA) is 55.4 Å². The van der Waals surface area contributed by atoms with E-state index in [0.717, 1.165) is 6.54 Å². The van der Waals surface area contributed by atoms with Crippen LogP contribution in [-0.2, 0) is 14.6 Å². The molecule has 1 saturated heterocycles. The van der Waals surface area contributed by atoms with Gasteiger partial charge in [0.25, 0.3) is 0 Å². The Morgan fingerprint density at radius 2 is 1.83 bits per heavy atom. The van der Waals surface area contributed by atoms with Crippen molar-refractivity contribution < 1.29 is 13.2 Å². The lowest BCUT2D eigenvalue weighted by Crippen LogP contribution is -2.42. The first-order valence-corrected chi connectivity index (χ1v) is 8.89. The number of hydrogen-bond donors (Lipinski definition) is 1. The van der Waals surface area contributed by atoms with E-state index in [9.17, 15) is 8.42 Å². The van der Waals surface area contributed by atoms with Gasteiger partial charge in [0.1, 0.15) is 9.84 Å². The van der Waals surface area contributed by atoms with E-state index in [2.05, 4.69) is 33.0 Å². The second-order valence-electron chi connectivity index (χ2n) is 5.57. The van der Waals surface area contributed by atoms with E-state index in [-0.39, 0.29) is 24.0 Å². The summed E-state index contributed by atoms with van der Waals surface area (Å²) in [4.78, 5) is 0. The molecule has 0 aromatic carbocycles. The summed E-state index contributed by atoms with van der Waals surface area (Å²) < 4.78 is 28.5. The van der Waals surface area contributed by atoms with Crippen molar-refractivity contribution in [3.05, 3.63) is 0 Å². The Hall–Kier alpha value is -0.130. The molecule has 4 nitrogen and oxygen atoms in total. The van der Waals surface area contributed by atoms with Crippen LogP contribution in [0.15, 0.2) is 0 Å². The Morgan fingerprint density at radius 1 is 1.22 bits per heavy atom. The second-order valence-corrected chi connectivity index (χ2v) is 7.83. The molecule has 0 saturated carbocycles. The summed E-state index contributed by atoms with van der Waals surface area (Å²) >= 11 is 0. The molecule has 5 atom stereocenters. The van der Waals surface area contributed by atoms with E-state index in [1.807, 2.05) is 0 Å². The molecule has 0 spiro atoms. The molecule has 1 aliphatic heterocycles. The molecule has 5 heteroatoms. The van der Waals surface area contributed by atoms with Gasteiger partial charge in [-0.05, 0) is 32.7 Å². The van der Waals surface area contributed by atoms with Gasteiger partial charge in [-0.3, -0.25) is 0 Å². The first kappa shape index (κ1) is 15.9. The Bertz CT molecular complexity index is 355. The maximum atomic E-state index is 11.3. The normalized spacial score (nSPS) is 34.7. The zero-order valence-corrected chi connectivity index (χ0v) is 13.0. The molecule has 1 N–H and O–H groups in total. The predicted molar refractivity (Wildman–Crippen MR) is 74.5 cm³/mol. The van der Waals surface area contributed by atoms with Crippen LogP contribution in [0.25, 0.3) is 0 Å². The van der Waals surface area contributed by atoms with Gasteiger partial charge in [-0.1, -0.05) is 13.8 Å². The van der Waals surface area contributed by atoms with Crippen LogP contribution >= 0.6 is 0 Å². The zero-order valence-electron chi connectivity index (χ0n) is 12.1. The van der Waals surface area contributed by atoms with E-state index < -0.39 is 9.84 Å². The van der Waals surface area contributed by atoms with Gasteiger partial charge < -0.3 is 10.1 Å². The lowest BCUT2D eigenvalue weighted by molar-refractivity contribution is 0.0475. The fourth-order valence-corrected chi connectivity index (χ4v) is 3.70. The van der Waals surface area contributed by atoms with Crippen LogP contribution in [0.3, 0.4) is 0 Å². The van der Waals surface area contributed by atoms with Gasteiger partial charge in [-0.15, -0.1) is 0 Å². The highest BCUT2D eigenvalue weighted by atomic mass is 32.2. The van der Waals surface area contributed by atoms with Crippen molar-refractivity contribution >= 4 is 9.84 Å². The smallest absolute Gasteiger partial charge is 0.147 e. The standard InChI is InChI=1S/C13H27NO3S/c1-6-14-12(7-8-18(5,15)16)13-9(2)10(3)17-11(13)4/h9-14H,6-8H2,1-5H3. The van der Waals surface area contributed by atoms with Crippen LogP contribution < -0.4 is 5.32 Å². The number of nitrogens with one attached hydrogen (secondary N) is 1. The van der Waals surface area contributed by atoms with Crippen molar-refractivity contribution in [1.82, 2.24) is 5.32 Å². The first-order chi connectivity index (χ1) is 8.26. The van der Waals surface area contributed by atoms with Gasteiger partial charge in [0, 0.05) is 18.2 Å². The minimum Gasteiger partial charge on any atom is -0.375 e. The van der Waals surface area contributed by atoms with Gasteiger partial charge in [0.2, 0.25) is 0 Å².